The number of anilines is 1. The third-order valence-electron chi connectivity index (χ3n) is 1.61. The molecule has 0 saturated heterocycles. The molecule has 0 bridgehead atoms. The smallest absolute Gasteiger partial charge is 0.293 e. The molecule has 2 heterocycles. The Labute approximate surface area is 89.1 Å². The van der Waals surface area contributed by atoms with Crippen LogP contribution in [-0.2, 0) is 6.54 Å². The van der Waals surface area contributed by atoms with Crippen LogP contribution in [0.25, 0.3) is 0 Å². The quantitative estimate of drug-likeness (QED) is 0.805. The fraction of sp³-hybridized carbons (Fsp3) is 0.125. The van der Waals surface area contributed by atoms with Gasteiger partial charge >= 0.3 is 0 Å². The first kappa shape index (κ1) is 9.81. The number of amides is 1. The van der Waals surface area contributed by atoms with Crippen LogP contribution in [0, 0.1) is 0 Å². The maximum absolute atomic E-state index is 11.5. The van der Waals surface area contributed by atoms with Gasteiger partial charge in [-0.05, 0) is 12.1 Å². The molecule has 78 valence electrons. The standard InChI is InChI=1S/C8H8N4O2S/c9-4-6-11-12-8(15-6)10-7(13)5-2-1-3-14-5/h1-3H,4,9H2,(H,10,12,13). The Morgan fingerprint density at radius 2 is 2.47 bits per heavy atom. The van der Waals surface area contributed by atoms with Gasteiger partial charge in [0.1, 0.15) is 5.01 Å². The first-order valence-corrected chi connectivity index (χ1v) is 4.98. The average molecular weight is 224 g/mol. The molecule has 6 nitrogen and oxygen atoms in total. The maximum Gasteiger partial charge on any atom is 0.293 e. The molecule has 0 atom stereocenters. The van der Waals surface area contributed by atoms with Crippen LogP contribution in [0.2, 0.25) is 0 Å². The summed E-state index contributed by atoms with van der Waals surface area (Å²) in [5.74, 6) is -0.112. The Kier molecular flexibility index (Phi) is 2.75. The number of rotatable bonds is 3. The van der Waals surface area contributed by atoms with E-state index in [1.165, 1.54) is 17.6 Å². The van der Waals surface area contributed by atoms with E-state index >= 15 is 0 Å². The SMILES string of the molecule is NCc1nnc(NC(=O)c2ccco2)s1. The normalized spacial score (nSPS) is 10.2. The molecular formula is C8H8N4O2S. The van der Waals surface area contributed by atoms with Gasteiger partial charge in [-0.25, -0.2) is 0 Å². The Bertz CT molecular complexity index is 451. The van der Waals surface area contributed by atoms with Gasteiger partial charge in [0.05, 0.1) is 6.26 Å². The molecule has 0 unspecified atom stereocenters. The van der Waals surface area contributed by atoms with Gasteiger partial charge in [0, 0.05) is 6.54 Å². The lowest BCUT2D eigenvalue weighted by atomic mass is 10.4. The van der Waals surface area contributed by atoms with Crippen LogP contribution in [0.1, 0.15) is 15.6 Å². The fourth-order valence-corrected chi connectivity index (χ4v) is 1.57. The Morgan fingerprint density at radius 1 is 1.60 bits per heavy atom. The third-order valence-corrected chi connectivity index (χ3v) is 2.47. The molecule has 7 heteroatoms. The van der Waals surface area contributed by atoms with E-state index in [4.69, 9.17) is 10.2 Å². The van der Waals surface area contributed by atoms with Crippen molar-refractivity contribution in [3.05, 3.63) is 29.2 Å². The molecule has 0 aliphatic heterocycles. The van der Waals surface area contributed by atoms with Crippen LogP contribution in [0.15, 0.2) is 22.8 Å². The first-order valence-electron chi connectivity index (χ1n) is 4.17. The summed E-state index contributed by atoms with van der Waals surface area (Å²) in [5, 5.41) is 11.2. The summed E-state index contributed by atoms with van der Waals surface area (Å²) in [6, 6.07) is 3.21. The number of hydrogen-bond donors (Lipinski definition) is 2. The molecule has 0 fully saturated rings. The molecule has 0 saturated carbocycles. The first-order chi connectivity index (χ1) is 7.29. The highest BCUT2D eigenvalue weighted by atomic mass is 32.1. The summed E-state index contributed by atoms with van der Waals surface area (Å²) >= 11 is 1.24. The second kappa shape index (κ2) is 4.20. The maximum atomic E-state index is 11.5. The van der Waals surface area contributed by atoms with E-state index in [1.54, 1.807) is 12.1 Å². The molecule has 3 N–H and O–H groups in total. The van der Waals surface area contributed by atoms with Crippen LogP contribution in [0.3, 0.4) is 0 Å². The number of carbonyl (C=O) groups is 1. The van der Waals surface area contributed by atoms with Gasteiger partial charge < -0.3 is 10.2 Å². The summed E-state index contributed by atoms with van der Waals surface area (Å²) < 4.78 is 4.92. The molecule has 0 aromatic carbocycles. The summed E-state index contributed by atoms with van der Waals surface area (Å²) in [6.45, 7) is 0.314. The molecule has 0 radical (unpaired) electrons. The minimum Gasteiger partial charge on any atom is -0.459 e. The summed E-state index contributed by atoms with van der Waals surface area (Å²) in [6.07, 6.45) is 1.43. The topological polar surface area (TPSA) is 94.0 Å². The van der Waals surface area contributed by atoms with Crippen molar-refractivity contribution < 1.29 is 9.21 Å². The number of carbonyl (C=O) groups excluding carboxylic acids is 1. The zero-order valence-corrected chi connectivity index (χ0v) is 8.45. The second-order valence-corrected chi connectivity index (χ2v) is 3.70. The van der Waals surface area contributed by atoms with Crippen molar-refractivity contribution in [2.24, 2.45) is 5.73 Å². The molecule has 0 spiro atoms. The van der Waals surface area contributed by atoms with Crippen molar-refractivity contribution in [3.8, 4) is 0 Å². The van der Waals surface area contributed by atoms with Gasteiger partial charge in [-0.2, -0.15) is 0 Å². The molecule has 0 aliphatic rings. The predicted molar refractivity (Wildman–Crippen MR) is 54.5 cm³/mol. The second-order valence-electron chi connectivity index (χ2n) is 2.64. The minimum atomic E-state index is -0.347. The number of hydrogen-bond acceptors (Lipinski definition) is 6. The molecule has 2 rings (SSSR count). The van der Waals surface area contributed by atoms with Crippen molar-refractivity contribution in [1.82, 2.24) is 10.2 Å². The molecule has 2 aromatic rings. The lowest BCUT2D eigenvalue weighted by Gasteiger charge is -1.95. The van der Waals surface area contributed by atoms with E-state index in [0.29, 0.717) is 16.7 Å². The summed E-state index contributed by atoms with van der Waals surface area (Å²) in [5.41, 5.74) is 5.37. The Morgan fingerprint density at radius 3 is 3.07 bits per heavy atom. The van der Waals surface area contributed by atoms with Gasteiger partial charge in [0.25, 0.3) is 5.91 Å². The van der Waals surface area contributed by atoms with Gasteiger partial charge in [-0.3, -0.25) is 10.1 Å². The molecule has 15 heavy (non-hydrogen) atoms. The molecule has 0 aliphatic carbocycles. The van der Waals surface area contributed by atoms with Crippen molar-refractivity contribution in [1.29, 1.82) is 0 Å². The highest BCUT2D eigenvalue weighted by Gasteiger charge is 2.11. The van der Waals surface area contributed by atoms with Gasteiger partial charge in [-0.15, -0.1) is 10.2 Å². The monoisotopic (exact) mass is 224 g/mol. The number of nitrogens with two attached hydrogens (primary N) is 1. The van der Waals surface area contributed by atoms with E-state index in [2.05, 4.69) is 15.5 Å². The Balaban J connectivity index is 2.06. The van der Waals surface area contributed by atoms with Crippen LogP contribution < -0.4 is 11.1 Å². The van der Waals surface area contributed by atoms with E-state index < -0.39 is 0 Å². The highest BCUT2D eigenvalue weighted by molar-refractivity contribution is 7.15. The highest BCUT2D eigenvalue weighted by Crippen LogP contribution is 2.15. The fourth-order valence-electron chi connectivity index (χ4n) is 0.953. The molecule has 1 amide bonds. The van der Waals surface area contributed by atoms with E-state index in [0.717, 1.165) is 0 Å². The van der Waals surface area contributed by atoms with E-state index in [-0.39, 0.29) is 11.7 Å². The zero-order valence-electron chi connectivity index (χ0n) is 7.64. The van der Waals surface area contributed by atoms with Crippen molar-refractivity contribution in [2.75, 3.05) is 5.32 Å². The summed E-state index contributed by atoms with van der Waals surface area (Å²) in [7, 11) is 0. The predicted octanol–water partition coefficient (Wildman–Crippen LogP) is 0.842. The number of nitrogens with zero attached hydrogens (tertiary/aromatic N) is 2. The van der Waals surface area contributed by atoms with Crippen molar-refractivity contribution >= 4 is 22.4 Å². The van der Waals surface area contributed by atoms with Gasteiger partial charge in [-0.1, -0.05) is 11.3 Å². The number of nitrogens with one attached hydrogen (secondary N) is 1. The van der Waals surface area contributed by atoms with E-state index in [9.17, 15) is 4.79 Å². The summed E-state index contributed by atoms with van der Waals surface area (Å²) in [4.78, 5) is 11.5. The lowest BCUT2D eigenvalue weighted by molar-refractivity contribution is 0.0996. The van der Waals surface area contributed by atoms with Crippen molar-refractivity contribution in [2.45, 2.75) is 6.54 Å². The number of aromatic nitrogens is 2. The number of furan rings is 1. The Hall–Kier alpha value is -1.73. The largest absolute Gasteiger partial charge is 0.459 e. The van der Waals surface area contributed by atoms with Crippen LogP contribution in [0.4, 0.5) is 5.13 Å². The average Bonchev–Trinajstić information content (AvgIpc) is 2.87. The lowest BCUT2D eigenvalue weighted by Crippen LogP contribution is -2.10. The van der Waals surface area contributed by atoms with E-state index in [1.807, 2.05) is 0 Å². The van der Waals surface area contributed by atoms with Gasteiger partial charge in [0.2, 0.25) is 5.13 Å². The third kappa shape index (κ3) is 2.20. The molecular weight excluding hydrogens is 216 g/mol. The molecule has 2 aromatic heterocycles. The van der Waals surface area contributed by atoms with Crippen molar-refractivity contribution in [3.63, 3.8) is 0 Å². The van der Waals surface area contributed by atoms with Crippen LogP contribution in [0.5, 0.6) is 0 Å². The van der Waals surface area contributed by atoms with Crippen LogP contribution in [-0.4, -0.2) is 16.1 Å². The van der Waals surface area contributed by atoms with Gasteiger partial charge in [0.15, 0.2) is 5.76 Å². The minimum absolute atomic E-state index is 0.236. The van der Waals surface area contributed by atoms with Crippen LogP contribution >= 0.6 is 11.3 Å². The zero-order chi connectivity index (χ0) is 10.7.